The molecule has 2 N–H and O–H groups in total. The molecule has 3 atom stereocenters. The van der Waals surface area contributed by atoms with Gasteiger partial charge in [-0.2, -0.15) is 0 Å². The number of benzene rings is 1. The largest absolute Gasteiger partial charge is 0.327 e. The second-order valence-electron chi connectivity index (χ2n) is 5.79. The topological polar surface area (TPSA) is 29.3 Å². The number of hydrogen-bond donors (Lipinski definition) is 1. The molecule has 2 nitrogen and oxygen atoms in total. The van der Waals surface area contributed by atoms with Crippen LogP contribution in [0.2, 0.25) is 0 Å². The molecule has 1 aromatic rings. The summed E-state index contributed by atoms with van der Waals surface area (Å²) in [4.78, 5) is 2.59. The molecular weight excluding hydrogens is 244 g/mol. The Balaban J connectivity index is 0.00000120. The second kappa shape index (κ2) is 5.60. The third kappa shape index (κ3) is 2.56. The van der Waals surface area contributed by atoms with Gasteiger partial charge in [0.1, 0.15) is 0 Å². The van der Waals surface area contributed by atoms with E-state index in [9.17, 15) is 0 Å². The van der Waals surface area contributed by atoms with E-state index in [0.29, 0.717) is 6.04 Å². The minimum atomic E-state index is 0. The van der Waals surface area contributed by atoms with Crippen LogP contribution in [0.3, 0.4) is 0 Å². The number of rotatable bonds is 2. The maximum Gasteiger partial charge on any atom is 0.0236 e. The Morgan fingerprint density at radius 2 is 2.00 bits per heavy atom. The van der Waals surface area contributed by atoms with Crippen molar-refractivity contribution in [3.8, 4) is 0 Å². The predicted octanol–water partition coefficient (Wildman–Crippen LogP) is 2.59. The molecule has 1 heterocycles. The number of fused-ring (bicyclic) bond motifs is 1. The van der Waals surface area contributed by atoms with Crippen LogP contribution < -0.4 is 5.73 Å². The first-order valence-electron chi connectivity index (χ1n) is 6.76. The maximum absolute atomic E-state index is 6.18. The van der Waals surface area contributed by atoms with Crippen LogP contribution in [0.5, 0.6) is 0 Å². The van der Waals surface area contributed by atoms with Crippen molar-refractivity contribution in [2.75, 3.05) is 13.1 Å². The first-order chi connectivity index (χ1) is 8.24. The number of nitrogens with two attached hydrogens (primary N) is 1. The van der Waals surface area contributed by atoms with Gasteiger partial charge in [0.2, 0.25) is 0 Å². The van der Waals surface area contributed by atoms with Crippen molar-refractivity contribution in [3.63, 3.8) is 0 Å². The summed E-state index contributed by atoms with van der Waals surface area (Å²) >= 11 is 0. The molecule has 18 heavy (non-hydrogen) atoms. The first-order valence-corrected chi connectivity index (χ1v) is 6.76. The van der Waals surface area contributed by atoms with Crippen molar-refractivity contribution in [3.05, 3.63) is 35.4 Å². The van der Waals surface area contributed by atoms with Crippen molar-refractivity contribution < 1.29 is 0 Å². The number of nitrogens with zero attached hydrogens (tertiary/aromatic N) is 1. The van der Waals surface area contributed by atoms with Crippen LogP contribution in [0.25, 0.3) is 0 Å². The molecule has 2 fully saturated rings. The Kier molecular flexibility index (Phi) is 4.31. The lowest BCUT2D eigenvalue weighted by atomic mass is 9.98. The lowest BCUT2D eigenvalue weighted by Gasteiger charge is -2.19. The second-order valence-corrected chi connectivity index (χ2v) is 5.79. The lowest BCUT2D eigenvalue weighted by Crippen LogP contribution is -2.30. The highest BCUT2D eigenvalue weighted by molar-refractivity contribution is 5.85. The summed E-state index contributed by atoms with van der Waals surface area (Å²) in [5, 5.41) is 0. The standard InChI is InChI=1S/C15H22N2.ClH/c1-11-4-2-3-5-12(11)8-17-9-13-6-7-15(16)14(13)10-17;/h2-5,13-15H,6-10,16H2,1H3;1H. The van der Waals surface area contributed by atoms with Crippen molar-refractivity contribution in [2.45, 2.75) is 32.4 Å². The molecule has 0 aromatic heterocycles. The SMILES string of the molecule is Cc1ccccc1CN1CC2CCC(N)C2C1.Cl. The number of halogens is 1. The molecule has 0 amide bonds. The van der Waals surface area contributed by atoms with Crippen LogP contribution in [0, 0.1) is 18.8 Å². The molecule has 1 aliphatic heterocycles. The third-order valence-corrected chi connectivity index (χ3v) is 4.64. The number of hydrogen-bond acceptors (Lipinski definition) is 2. The minimum Gasteiger partial charge on any atom is -0.327 e. The third-order valence-electron chi connectivity index (χ3n) is 4.64. The van der Waals surface area contributed by atoms with Crippen molar-refractivity contribution in [1.82, 2.24) is 4.90 Å². The fourth-order valence-corrected chi connectivity index (χ4v) is 3.56. The normalized spacial score (nSPS) is 31.1. The highest BCUT2D eigenvalue weighted by Crippen LogP contribution is 2.37. The fraction of sp³-hybridized carbons (Fsp3) is 0.600. The van der Waals surface area contributed by atoms with Crippen LogP contribution in [-0.4, -0.2) is 24.0 Å². The molecule has 3 unspecified atom stereocenters. The first kappa shape index (κ1) is 13.9. The van der Waals surface area contributed by atoms with Gasteiger partial charge >= 0.3 is 0 Å². The van der Waals surface area contributed by atoms with Gasteiger partial charge in [0.15, 0.2) is 0 Å². The summed E-state index contributed by atoms with van der Waals surface area (Å²) in [6, 6.07) is 9.18. The molecule has 1 aromatic carbocycles. The van der Waals surface area contributed by atoms with Gasteiger partial charge in [0.05, 0.1) is 0 Å². The van der Waals surface area contributed by atoms with E-state index in [-0.39, 0.29) is 12.4 Å². The fourth-order valence-electron chi connectivity index (χ4n) is 3.56. The molecule has 3 heteroatoms. The van der Waals surface area contributed by atoms with E-state index in [0.717, 1.165) is 18.4 Å². The van der Waals surface area contributed by atoms with Crippen molar-refractivity contribution >= 4 is 12.4 Å². The Hall–Kier alpha value is -0.570. The van der Waals surface area contributed by atoms with E-state index >= 15 is 0 Å². The zero-order valence-corrected chi connectivity index (χ0v) is 11.8. The van der Waals surface area contributed by atoms with Crippen LogP contribution in [0.1, 0.15) is 24.0 Å². The van der Waals surface area contributed by atoms with E-state index in [2.05, 4.69) is 36.1 Å². The number of likely N-dealkylation sites (tertiary alicyclic amines) is 1. The molecular formula is C15H23ClN2. The van der Waals surface area contributed by atoms with E-state index in [1.807, 2.05) is 0 Å². The van der Waals surface area contributed by atoms with Crippen LogP contribution in [0.15, 0.2) is 24.3 Å². The highest BCUT2D eigenvalue weighted by atomic mass is 35.5. The van der Waals surface area contributed by atoms with E-state index < -0.39 is 0 Å². The van der Waals surface area contributed by atoms with Gasteiger partial charge in [0, 0.05) is 25.7 Å². The zero-order valence-electron chi connectivity index (χ0n) is 11.0. The number of aryl methyl sites for hydroxylation is 1. The quantitative estimate of drug-likeness (QED) is 0.892. The Bertz CT molecular complexity index is 407. The molecule has 0 spiro atoms. The van der Waals surface area contributed by atoms with E-state index in [1.54, 1.807) is 0 Å². The van der Waals surface area contributed by atoms with Gasteiger partial charge in [-0.3, -0.25) is 4.90 Å². The molecule has 0 radical (unpaired) electrons. The van der Waals surface area contributed by atoms with Crippen molar-refractivity contribution in [2.24, 2.45) is 17.6 Å². The lowest BCUT2D eigenvalue weighted by molar-refractivity contribution is 0.297. The molecule has 100 valence electrons. The van der Waals surface area contributed by atoms with Gasteiger partial charge in [-0.15, -0.1) is 12.4 Å². The van der Waals surface area contributed by atoms with Crippen LogP contribution in [-0.2, 0) is 6.54 Å². The van der Waals surface area contributed by atoms with Gasteiger partial charge in [-0.25, -0.2) is 0 Å². The molecule has 3 rings (SSSR count). The summed E-state index contributed by atoms with van der Waals surface area (Å²) < 4.78 is 0. The molecule has 2 aliphatic rings. The van der Waals surface area contributed by atoms with Gasteiger partial charge in [-0.05, 0) is 42.7 Å². The summed E-state index contributed by atoms with van der Waals surface area (Å²) in [5.41, 5.74) is 9.06. The van der Waals surface area contributed by atoms with E-state index in [1.165, 1.54) is 37.1 Å². The minimum absolute atomic E-state index is 0. The Morgan fingerprint density at radius 1 is 1.22 bits per heavy atom. The summed E-state index contributed by atoms with van der Waals surface area (Å²) in [6.07, 6.45) is 2.59. The van der Waals surface area contributed by atoms with E-state index in [4.69, 9.17) is 5.73 Å². The predicted molar refractivity (Wildman–Crippen MR) is 77.9 cm³/mol. The van der Waals surface area contributed by atoms with Gasteiger partial charge in [-0.1, -0.05) is 24.3 Å². The molecule has 1 saturated carbocycles. The average Bonchev–Trinajstić information content (AvgIpc) is 2.85. The monoisotopic (exact) mass is 266 g/mol. The zero-order chi connectivity index (χ0) is 11.8. The Morgan fingerprint density at radius 3 is 2.72 bits per heavy atom. The van der Waals surface area contributed by atoms with Crippen LogP contribution >= 0.6 is 12.4 Å². The maximum atomic E-state index is 6.18. The Labute approximate surface area is 116 Å². The van der Waals surface area contributed by atoms with Crippen molar-refractivity contribution in [1.29, 1.82) is 0 Å². The summed E-state index contributed by atoms with van der Waals surface area (Å²) in [7, 11) is 0. The van der Waals surface area contributed by atoms with Gasteiger partial charge in [0.25, 0.3) is 0 Å². The average molecular weight is 267 g/mol. The van der Waals surface area contributed by atoms with Crippen LogP contribution in [0.4, 0.5) is 0 Å². The smallest absolute Gasteiger partial charge is 0.0236 e. The molecule has 0 bridgehead atoms. The molecule has 1 aliphatic carbocycles. The summed E-state index contributed by atoms with van der Waals surface area (Å²) in [6.45, 7) is 5.78. The summed E-state index contributed by atoms with van der Waals surface area (Å²) in [5.74, 6) is 1.63. The molecule has 1 saturated heterocycles. The highest BCUT2D eigenvalue weighted by Gasteiger charge is 2.40. The van der Waals surface area contributed by atoms with Gasteiger partial charge < -0.3 is 5.73 Å².